The Bertz CT molecular complexity index is 512. The van der Waals surface area contributed by atoms with Crippen molar-refractivity contribution >= 4 is 17.5 Å². The summed E-state index contributed by atoms with van der Waals surface area (Å²) in [6.07, 6.45) is 0.906. The van der Waals surface area contributed by atoms with E-state index in [1.165, 1.54) is 7.11 Å². The van der Waals surface area contributed by atoms with Crippen LogP contribution in [-0.2, 0) is 0 Å². The molecule has 1 saturated heterocycles. The molecule has 1 atom stereocenters. The number of ether oxygens (including phenoxy) is 1. The maximum absolute atomic E-state index is 12.7. The number of hydrogen-bond acceptors (Lipinski definition) is 4. The summed E-state index contributed by atoms with van der Waals surface area (Å²) < 4.78 is 5.26. The maximum atomic E-state index is 12.7. The lowest BCUT2D eigenvalue weighted by Crippen LogP contribution is -2.52. The van der Waals surface area contributed by atoms with Crippen molar-refractivity contribution < 1.29 is 14.6 Å². The van der Waals surface area contributed by atoms with E-state index < -0.39 is 0 Å². The molecule has 1 amide bonds. The van der Waals surface area contributed by atoms with E-state index in [4.69, 9.17) is 16.3 Å². The predicted octanol–water partition coefficient (Wildman–Crippen LogP) is 1.88. The van der Waals surface area contributed by atoms with Crippen LogP contribution in [0.5, 0.6) is 5.75 Å². The Morgan fingerprint density at radius 3 is 2.59 bits per heavy atom. The average Bonchev–Trinajstić information content (AvgIpc) is 2.55. The number of benzene rings is 1. The van der Waals surface area contributed by atoms with Crippen LogP contribution in [0, 0.1) is 0 Å². The molecule has 1 fully saturated rings. The molecule has 1 heterocycles. The topological polar surface area (TPSA) is 53.0 Å². The molecule has 1 aliphatic rings. The van der Waals surface area contributed by atoms with Crippen molar-refractivity contribution in [3.05, 3.63) is 28.8 Å². The minimum Gasteiger partial charge on any atom is -0.496 e. The first-order chi connectivity index (χ1) is 10.6. The lowest BCUT2D eigenvalue weighted by molar-refractivity contribution is 0.0470. The number of methoxy groups -OCH3 is 1. The normalized spacial score (nSPS) is 17.4. The second-order valence-corrected chi connectivity index (χ2v) is 5.80. The number of halogens is 1. The van der Waals surface area contributed by atoms with Crippen LogP contribution in [0.4, 0.5) is 0 Å². The lowest BCUT2D eigenvalue weighted by Gasteiger charge is -2.38. The van der Waals surface area contributed by atoms with E-state index in [0.717, 1.165) is 19.5 Å². The van der Waals surface area contributed by atoms with Gasteiger partial charge in [-0.25, -0.2) is 0 Å². The highest BCUT2D eigenvalue weighted by Crippen LogP contribution is 2.28. The fraction of sp³-hybridized carbons (Fsp3) is 0.562. The molecule has 1 aromatic carbocycles. The van der Waals surface area contributed by atoms with Gasteiger partial charge < -0.3 is 14.7 Å². The first-order valence-corrected chi connectivity index (χ1v) is 7.96. The van der Waals surface area contributed by atoms with E-state index in [0.29, 0.717) is 29.4 Å². The number of aliphatic hydroxyl groups excluding tert-OH is 1. The molecule has 122 valence electrons. The summed E-state index contributed by atoms with van der Waals surface area (Å²) in [6, 6.07) is 5.39. The Labute approximate surface area is 136 Å². The molecule has 22 heavy (non-hydrogen) atoms. The SMILES string of the molecule is CCC(CO)N1CCN(C(=O)c2c(Cl)cccc2OC)CC1. The molecule has 0 radical (unpaired) electrons. The maximum Gasteiger partial charge on any atom is 0.259 e. The zero-order valence-electron chi connectivity index (χ0n) is 13.1. The third-order valence-electron chi connectivity index (χ3n) is 4.21. The first-order valence-electron chi connectivity index (χ1n) is 7.59. The van der Waals surface area contributed by atoms with E-state index >= 15 is 0 Å². The largest absolute Gasteiger partial charge is 0.496 e. The second-order valence-electron chi connectivity index (χ2n) is 5.39. The van der Waals surface area contributed by atoms with Gasteiger partial charge in [-0.1, -0.05) is 24.6 Å². The summed E-state index contributed by atoms with van der Waals surface area (Å²) in [6.45, 7) is 5.00. The Kier molecular flexibility index (Phi) is 6.06. The lowest BCUT2D eigenvalue weighted by atomic mass is 10.1. The van der Waals surface area contributed by atoms with Crippen LogP contribution in [0.15, 0.2) is 18.2 Å². The minimum absolute atomic E-state index is 0.0980. The van der Waals surface area contributed by atoms with Crippen LogP contribution in [0.3, 0.4) is 0 Å². The molecule has 0 aromatic heterocycles. The standard InChI is InChI=1S/C16H23ClN2O3/c1-3-12(11-20)18-7-9-19(10-8-18)16(21)15-13(17)5-4-6-14(15)22-2/h4-6,12,20H,3,7-11H2,1-2H3. The van der Waals surface area contributed by atoms with Crippen LogP contribution in [0.25, 0.3) is 0 Å². The van der Waals surface area contributed by atoms with Crippen LogP contribution in [0.1, 0.15) is 23.7 Å². The van der Waals surface area contributed by atoms with Gasteiger partial charge in [0.2, 0.25) is 0 Å². The van der Waals surface area contributed by atoms with Crippen molar-refractivity contribution in [1.29, 1.82) is 0 Å². The quantitative estimate of drug-likeness (QED) is 0.897. The van der Waals surface area contributed by atoms with Crippen molar-refractivity contribution in [1.82, 2.24) is 9.80 Å². The van der Waals surface area contributed by atoms with Gasteiger partial charge in [0.15, 0.2) is 0 Å². The van der Waals surface area contributed by atoms with E-state index in [2.05, 4.69) is 11.8 Å². The molecule has 0 bridgehead atoms. The van der Waals surface area contributed by atoms with Gasteiger partial charge in [0.05, 0.1) is 18.7 Å². The number of rotatable bonds is 5. The van der Waals surface area contributed by atoms with Crippen LogP contribution in [0.2, 0.25) is 5.02 Å². The number of amides is 1. The van der Waals surface area contributed by atoms with E-state index in [1.54, 1.807) is 23.1 Å². The van der Waals surface area contributed by atoms with E-state index in [9.17, 15) is 9.90 Å². The van der Waals surface area contributed by atoms with Gasteiger partial charge in [-0.2, -0.15) is 0 Å². The minimum atomic E-state index is -0.0980. The summed E-state index contributed by atoms with van der Waals surface area (Å²) in [4.78, 5) is 16.7. The molecule has 0 saturated carbocycles. The van der Waals surface area contributed by atoms with Gasteiger partial charge in [-0.05, 0) is 18.6 Å². The Morgan fingerprint density at radius 1 is 1.36 bits per heavy atom. The van der Waals surface area contributed by atoms with Gasteiger partial charge in [0.25, 0.3) is 5.91 Å². The summed E-state index contributed by atoms with van der Waals surface area (Å²) >= 11 is 6.18. The number of piperazine rings is 1. The summed E-state index contributed by atoms with van der Waals surface area (Å²) in [5, 5.41) is 9.79. The summed E-state index contributed by atoms with van der Waals surface area (Å²) in [5.41, 5.74) is 0.425. The van der Waals surface area contributed by atoms with Crippen molar-refractivity contribution in [3.63, 3.8) is 0 Å². The number of carbonyl (C=O) groups is 1. The second kappa shape index (κ2) is 7.81. The predicted molar refractivity (Wildman–Crippen MR) is 86.6 cm³/mol. The Hall–Kier alpha value is -1.30. The van der Waals surface area contributed by atoms with Crippen molar-refractivity contribution in [2.45, 2.75) is 19.4 Å². The Balaban J connectivity index is 2.07. The van der Waals surface area contributed by atoms with Gasteiger partial charge in [0.1, 0.15) is 11.3 Å². The van der Waals surface area contributed by atoms with Crippen LogP contribution < -0.4 is 4.74 Å². The fourth-order valence-electron chi connectivity index (χ4n) is 2.83. The third kappa shape index (κ3) is 3.54. The monoisotopic (exact) mass is 326 g/mol. The first kappa shape index (κ1) is 17.1. The molecule has 1 unspecified atom stereocenters. The molecular weight excluding hydrogens is 304 g/mol. The summed E-state index contributed by atoms with van der Waals surface area (Å²) in [7, 11) is 1.54. The Morgan fingerprint density at radius 2 is 2.05 bits per heavy atom. The van der Waals surface area contributed by atoms with Gasteiger partial charge in [0, 0.05) is 32.2 Å². The van der Waals surface area contributed by atoms with E-state index in [-0.39, 0.29) is 18.6 Å². The van der Waals surface area contributed by atoms with E-state index in [1.807, 2.05) is 0 Å². The molecule has 2 rings (SSSR count). The van der Waals surface area contributed by atoms with Gasteiger partial charge in [-0.3, -0.25) is 9.69 Å². The molecule has 1 aromatic rings. The number of carbonyl (C=O) groups excluding carboxylic acids is 1. The van der Waals surface area contributed by atoms with Crippen LogP contribution in [-0.4, -0.2) is 66.8 Å². The highest BCUT2D eigenvalue weighted by molar-refractivity contribution is 6.34. The zero-order chi connectivity index (χ0) is 16.1. The van der Waals surface area contributed by atoms with Crippen molar-refractivity contribution in [2.75, 3.05) is 39.9 Å². The molecule has 1 N–H and O–H groups in total. The summed E-state index contributed by atoms with van der Waals surface area (Å²) in [5.74, 6) is 0.404. The zero-order valence-corrected chi connectivity index (χ0v) is 13.8. The van der Waals surface area contributed by atoms with Gasteiger partial charge >= 0.3 is 0 Å². The molecule has 5 nitrogen and oxygen atoms in total. The fourth-order valence-corrected chi connectivity index (χ4v) is 3.08. The number of hydrogen-bond donors (Lipinski definition) is 1. The molecule has 0 spiro atoms. The van der Waals surface area contributed by atoms with Crippen molar-refractivity contribution in [2.24, 2.45) is 0 Å². The molecular formula is C16H23ClN2O3. The highest BCUT2D eigenvalue weighted by Gasteiger charge is 2.28. The highest BCUT2D eigenvalue weighted by atomic mass is 35.5. The number of aliphatic hydroxyl groups is 1. The van der Waals surface area contributed by atoms with Gasteiger partial charge in [-0.15, -0.1) is 0 Å². The molecule has 6 heteroatoms. The average molecular weight is 327 g/mol. The van der Waals surface area contributed by atoms with Crippen LogP contribution >= 0.6 is 11.6 Å². The molecule has 0 aliphatic carbocycles. The number of nitrogens with zero attached hydrogens (tertiary/aromatic N) is 2. The third-order valence-corrected chi connectivity index (χ3v) is 4.52. The molecule has 1 aliphatic heterocycles. The smallest absolute Gasteiger partial charge is 0.259 e. The van der Waals surface area contributed by atoms with Crippen molar-refractivity contribution in [3.8, 4) is 5.75 Å².